The minimum Gasteiger partial charge on any atom is -0.378 e. The van der Waals surface area contributed by atoms with Crippen LogP contribution in [0.3, 0.4) is 0 Å². The van der Waals surface area contributed by atoms with Crippen LogP contribution in [0.25, 0.3) is 0 Å². The van der Waals surface area contributed by atoms with Crippen LogP contribution in [0.1, 0.15) is 31.2 Å². The van der Waals surface area contributed by atoms with Crippen molar-refractivity contribution in [1.82, 2.24) is 0 Å². The van der Waals surface area contributed by atoms with Crippen LogP contribution in [0.15, 0.2) is 23.2 Å². The van der Waals surface area contributed by atoms with Crippen LogP contribution in [0.5, 0.6) is 0 Å². The second-order valence-corrected chi connectivity index (χ2v) is 5.70. The van der Waals surface area contributed by atoms with Crippen molar-refractivity contribution < 1.29 is 13.9 Å². The zero-order valence-corrected chi connectivity index (χ0v) is 12.0. The zero-order chi connectivity index (χ0) is 14.7. The number of benzene rings is 1. The number of hydrogen-bond acceptors (Lipinski definition) is 4. The van der Waals surface area contributed by atoms with Crippen molar-refractivity contribution in [2.24, 2.45) is 4.99 Å². The van der Waals surface area contributed by atoms with Gasteiger partial charge in [0.2, 0.25) is 6.08 Å². The van der Waals surface area contributed by atoms with E-state index >= 15 is 0 Å². The number of halogens is 1. The Kier molecular flexibility index (Phi) is 4.04. The van der Waals surface area contributed by atoms with Crippen LogP contribution in [0.2, 0.25) is 0 Å². The van der Waals surface area contributed by atoms with Crippen molar-refractivity contribution in [2.45, 2.75) is 31.2 Å². The molecule has 1 aliphatic carbocycles. The van der Waals surface area contributed by atoms with E-state index in [0.717, 1.165) is 50.0 Å². The molecule has 4 nitrogen and oxygen atoms in total. The van der Waals surface area contributed by atoms with Gasteiger partial charge in [0.05, 0.1) is 13.2 Å². The number of aliphatic imine (C=N–C) groups is 1. The lowest BCUT2D eigenvalue weighted by molar-refractivity contribution is 0.122. The van der Waals surface area contributed by atoms with Crippen molar-refractivity contribution in [3.8, 4) is 0 Å². The van der Waals surface area contributed by atoms with Gasteiger partial charge in [0.15, 0.2) is 0 Å². The largest absolute Gasteiger partial charge is 0.378 e. The molecule has 1 aromatic rings. The Balaban J connectivity index is 2.06. The molecule has 0 N–H and O–H groups in total. The standard InChI is InChI=1S/C16H19FN2O2/c17-13-3-4-14(16(18-12-20)5-1-2-6-16)15(11-13)19-7-9-21-10-8-19/h3-4,11H,1-2,5-10H2. The molecule has 3 rings (SSSR count). The van der Waals surface area contributed by atoms with Gasteiger partial charge < -0.3 is 9.64 Å². The summed E-state index contributed by atoms with van der Waals surface area (Å²) in [5.41, 5.74) is 1.27. The Morgan fingerprint density at radius 2 is 1.95 bits per heavy atom. The number of anilines is 1. The number of carbonyl (C=O) groups excluding carboxylic acids is 1. The fourth-order valence-corrected chi connectivity index (χ4v) is 3.45. The fraction of sp³-hybridized carbons (Fsp3) is 0.562. The van der Waals surface area contributed by atoms with Crippen LogP contribution in [0.4, 0.5) is 10.1 Å². The highest BCUT2D eigenvalue weighted by Crippen LogP contribution is 2.46. The molecule has 0 unspecified atom stereocenters. The Labute approximate surface area is 123 Å². The second-order valence-electron chi connectivity index (χ2n) is 5.70. The molecule has 0 radical (unpaired) electrons. The van der Waals surface area contributed by atoms with Crippen molar-refractivity contribution in [3.63, 3.8) is 0 Å². The van der Waals surface area contributed by atoms with Crippen LogP contribution < -0.4 is 4.90 Å². The van der Waals surface area contributed by atoms with Crippen LogP contribution in [-0.4, -0.2) is 32.4 Å². The first-order valence-electron chi connectivity index (χ1n) is 7.47. The Morgan fingerprint density at radius 3 is 2.62 bits per heavy atom. The highest BCUT2D eigenvalue weighted by molar-refractivity contribution is 5.58. The summed E-state index contributed by atoms with van der Waals surface area (Å²) in [4.78, 5) is 17.1. The molecule has 5 heteroatoms. The maximum atomic E-state index is 13.7. The van der Waals surface area contributed by atoms with E-state index in [0.29, 0.717) is 13.2 Å². The Bertz CT molecular complexity index is 557. The predicted molar refractivity (Wildman–Crippen MR) is 77.7 cm³/mol. The molecule has 1 saturated heterocycles. The topological polar surface area (TPSA) is 41.9 Å². The van der Waals surface area contributed by atoms with Gasteiger partial charge in [-0.15, -0.1) is 0 Å². The molecular formula is C16H19FN2O2. The molecule has 0 amide bonds. The summed E-state index contributed by atoms with van der Waals surface area (Å²) in [6, 6.07) is 4.80. The lowest BCUT2D eigenvalue weighted by Crippen LogP contribution is -2.38. The van der Waals surface area contributed by atoms with Crippen molar-refractivity contribution in [2.75, 3.05) is 31.2 Å². The van der Waals surface area contributed by atoms with E-state index in [1.54, 1.807) is 18.2 Å². The summed E-state index contributed by atoms with van der Waals surface area (Å²) >= 11 is 0. The third-order valence-electron chi connectivity index (χ3n) is 4.50. The van der Waals surface area contributed by atoms with Crippen LogP contribution >= 0.6 is 0 Å². The highest BCUT2D eigenvalue weighted by atomic mass is 19.1. The summed E-state index contributed by atoms with van der Waals surface area (Å²) in [6.07, 6.45) is 5.45. The molecule has 21 heavy (non-hydrogen) atoms. The van der Waals surface area contributed by atoms with E-state index in [1.165, 1.54) is 6.07 Å². The molecule has 0 atom stereocenters. The first-order valence-corrected chi connectivity index (χ1v) is 7.47. The summed E-state index contributed by atoms with van der Waals surface area (Å²) in [6.45, 7) is 2.74. The SMILES string of the molecule is O=C=NC1(c2ccc(F)cc2N2CCOCC2)CCCC1. The predicted octanol–water partition coefficient (Wildman–Crippen LogP) is 2.77. The molecule has 2 aliphatic rings. The molecule has 0 spiro atoms. The molecule has 0 bridgehead atoms. The van der Waals surface area contributed by atoms with E-state index in [-0.39, 0.29) is 5.82 Å². The maximum Gasteiger partial charge on any atom is 0.235 e. The highest BCUT2D eigenvalue weighted by Gasteiger charge is 2.38. The fourth-order valence-electron chi connectivity index (χ4n) is 3.45. The van der Waals surface area contributed by atoms with E-state index in [9.17, 15) is 9.18 Å². The van der Waals surface area contributed by atoms with Crippen LogP contribution in [0, 0.1) is 5.82 Å². The number of morpholine rings is 1. The first kappa shape index (κ1) is 14.2. The van der Waals surface area contributed by atoms with E-state index in [1.807, 2.05) is 0 Å². The number of nitrogens with zero attached hydrogens (tertiary/aromatic N) is 2. The van der Waals surface area contributed by atoms with Gasteiger partial charge in [-0.05, 0) is 25.0 Å². The quantitative estimate of drug-likeness (QED) is 0.635. The Hall–Kier alpha value is -1.71. The van der Waals surface area contributed by atoms with E-state index in [4.69, 9.17) is 4.74 Å². The Morgan fingerprint density at radius 1 is 1.24 bits per heavy atom. The molecule has 1 aromatic carbocycles. The minimum absolute atomic E-state index is 0.261. The molecule has 1 aliphatic heterocycles. The lowest BCUT2D eigenvalue weighted by Gasteiger charge is -2.34. The molecule has 112 valence electrons. The van der Waals surface area contributed by atoms with Gasteiger partial charge in [-0.3, -0.25) is 0 Å². The summed E-state index contributed by atoms with van der Waals surface area (Å²) < 4.78 is 19.1. The third kappa shape index (κ3) is 2.71. The maximum absolute atomic E-state index is 13.7. The summed E-state index contributed by atoms with van der Waals surface area (Å²) in [5, 5.41) is 0. The zero-order valence-electron chi connectivity index (χ0n) is 12.0. The molecule has 2 fully saturated rings. The van der Waals surface area contributed by atoms with Gasteiger partial charge in [0.25, 0.3) is 0 Å². The second kappa shape index (κ2) is 5.96. The van der Waals surface area contributed by atoms with Gasteiger partial charge in [-0.2, -0.15) is 4.99 Å². The van der Waals surface area contributed by atoms with Gasteiger partial charge in [-0.25, -0.2) is 9.18 Å². The molecule has 1 heterocycles. The average molecular weight is 290 g/mol. The molecule has 0 aromatic heterocycles. The summed E-state index contributed by atoms with van der Waals surface area (Å²) in [7, 11) is 0. The normalized spacial score (nSPS) is 21.1. The minimum atomic E-state index is -0.525. The van der Waals surface area contributed by atoms with Gasteiger partial charge >= 0.3 is 0 Å². The van der Waals surface area contributed by atoms with E-state index in [2.05, 4.69) is 9.89 Å². The smallest absolute Gasteiger partial charge is 0.235 e. The monoisotopic (exact) mass is 290 g/mol. The van der Waals surface area contributed by atoms with Gasteiger partial charge in [0.1, 0.15) is 11.4 Å². The molecular weight excluding hydrogens is 271 g/mol. The average Bonchev–Trinajstić information content (AvgIpc) is 2.98. The first-order chi connectivity index (χ1) is 10.2. The van der Waals surface area contributed by atoms with Crippen molar-refractivity contribution in [3.05, 3.63) is 29.6 Å². The number of isocyanates is 1. The van der Waals surface area contributed by atoms with E-state index < -0.39 is 5.54 Å². The van der Waals surface area contributed by atoms with Gasteiger partial charge in [-0.1, -0.05) is 18.9 Å². The molecule has 1 saturated carbocycles. The third-order valence-corrected chi connectivity index (χ3v) is 4.50. The lowest BCUT2D eigenvalue weighted by atomic mass is 9.87. The summed E-state index contributed by atoms with van der Waals surface area (Å²) in [5.74, 6) is -0.261. The van der Waals surface area contributed by atoms with Crippen molar-refractivity contribution >= 4 is 11.8 Å². The number of rotatable bonds is 3. The van der Waals surface area contributed by atoms with Crippen molar-refractivity contribution in [1.29, 1.82) is 0 Å². The van der Waals surface area contributed by atoms with Gasteiger partial charge in [0, 0.05) is 24.3 Å². The van der Waals surface area contributed by atoms with Crippen LogP contribution in [-0.2, 0) is 15.1 Å². The number of hydrogen-bond donors (Lipinski definition) is 0. The number of ether oxygens (including phenoxy) is 1.